The van der Waals surface area contributed by atoms with Gasteiger partial charge in [0.15, 0.2) is 6.29 Å². The summed E-state index contributed by atoms with van der Waals surface area (Å²) in [7, 11) is -1.74. The van der Waals surface area contributed by atoms with E-state index >= 15 is 0 Å². The molecular formula is C10H12BBrO5. The summed E-state index contributed by atoms with van der Waals surface area (Å²) < 4.78 is 5.72. The molecule has 92 valence electrons. The molecule has 0 saturated heterocycles. The molecule has 0 saturated carbocycles. The molecule has 1 aromatic carbocycles. The summed E-state index contributed by atoms with van der Waals surface area (Å²) in [6.45, 7) is 0.327. The fourth-order valence-corrected chi connectivity index (χ4v) is 1.84. The summed E-state index contributed by atoms with van der Waals surface area (Å²) in [6, 6.07) is 2.95. The van der Waals surface area contributed by atoms with Crippen molar-refractivity contribution < 1.29 is 24.7 Å². The van der Waals surface area contributed by atoms with Crippen molar-refractivity contribution in [1.29, 1.82) is 0 Å². The maximum atomic E-state index is 10.8. The fourth-order valence-electron chi connectivity index (χ4n) is 1.29. The molecule has 0 bridgehead atoms. The topological polar surface area (TPSA) is 87.0 Å². The van der Waals surface area contributed by atoms with Crippen LogP contribution in [0.15, 0.2) is 16.6 Å². The third-order valence-corrected chi connectivity index (χ3v) is 2.76. The number of halogens is 1. The number of hydrogen-bond donors (Lipinski definition) is 3. The summed E-state index contributed by atoms with van der Waals surface area (Å²) in [6.07, 6.45) is 1.01. The minimum Gasteiger partial charge on any atom is -0.493 e. The second-order valence-corrected chi connectivity index (χ2v) is 4.18. The lowest BCUT2D eigenvalue weighted by Gasteiger charge is -2.11. The van der Waals surface area contributed by atoms with Crippen molar-refractivity contribution in [3.63, 3.8) is 0 Å². The quantitative estimate of drug-likeness (QED) is 0.382. The Labute approximate surface area is 107 Å². The van der Waals surface area contributed by atoms with Crippen LogP contribution >= 0.6 is 15.9 Å². The van der Waals surface area contributed by atoms with E-state index in [1.807, 2.05) is 0 Å². The lowest BCUT2D eigenvalue weighted by Crippen LogP contribution is -2.33. The van der Waals surface area contributed by atoms with E-state index < -0.39 is 7.12 Å². The summed E-state index contributed by atoms with van der Waals surface area (Å²) in [5.74, 6) is 0.402. The van der Waals surface area contributed by atoms with Gasteiger partial charge >= 0.3 is 7.12 Å². The van der Waals surface area contributed by atoms with Crippen molar-refractivity contribution in [2.45, 2.75) is 6.42 Å². The van der Waals surface area contributed by atoms with Crippen LogP contribution in [-0.2, 0) is 0 Å². The van der Waals surface area contributed by atoms with Crippen LogP contribution in [0.25, 0.3) is 0 Å². The SMILES string of the molecule is O=Cc1c(Br)cc(OCCCO)cc1B(O)O. The van der Waals surface area contributed by atoms with Crippen molar-refractivity contribution in [3.05, 3.63) is 22.2 Å². The maximum absolute atomic E-state index is 10.8. The van der Waals surface area contributed by atoms with Crippen molar-refractivity contribution >= 4 is 34.8 Å². The second kappa shape index (κ2) is 6.75. The average molecular weight is 303 g/mol. The minimum absolute atomic E-state index is 0.0169. The van der Waals surface area contributed by atoms with E-state index in [4.69, 9.17) is 19.9 Å². The Bertz CT molecular complexity index is 397. The van der Waals surface area contributed by atoms with E-state index in [2.05, 4.69) is 15.9 Å². The largest absolute Gasteiger partial charge is 0.493 e. The number of hydrogen-bond acceptors (Lipinski definition) is 5. The van der Waals surface area contributed by atoms with Crippen LogP contribution < -0.4 is 10.2 Å². The van der Waals surface area contributed by atoms with Crippen LogP contribution in [0.3, 0.4) is 0 Å². The first-order valence-corrected chi connectivity index (χ1v) is 5.78. The number of carbonyl (C=O) groups is 1. The summed E-state index contributed by atoms with van der Waals surface area (Å²) in [5.41, 5.74) is 0.253. The maximum Gasteiger partial charge on any atom is 0.489 e. The van der Waals surface area contributed by atoms with Gasteiger partial charge in [0, 0.05) is 23.1 Å². The summed E-state index contributed by atoms with van der Waals surface area (Å²) >= 11 is 3.15. The van der Waals surface area contributed by atoms with Crippen LogP contribution in [0.1, 0.15) is 16.8 Å². The molecule has 0 radical (unpaired) electrons. The molecule has 0 spiro atoms. The highest BCUT2D eigenvalue weighted by molar-refractivity contribution is 9.10. The van der Waals surface area contributed by atoms with E-state index in [0.717, 1.165) is 0 Å². The van der Waals surface area contributed by atoms with Crippen LogP contribution in [0.5, 0.6) is 5.75 Å². The van der Waals surface area contributed by atoms with Gasteiger partial charge in [-0.2, -0.15) is 0 Å². The molecule has 17 heavy (non-hydrogen) atoms. The molecule has 7 heteroatoms. The van der Waals surface area contributed by atoms with Gasteiger partial charge in [0.2, 0.25) is 0 Å². The number of ether oxygens (including phenoxy) is 1. The number of aliphatic hydroxyl groups is 1. The Morgan fingerprint density at radius 2 is 2.12 bits per heavy atom. The first kappa shape index (κ1) is 14.2. The van der Waals surface area contributed by atoms with Crippen LogP contribution in [-0.4, -0.2) is 41.8 Å². The van der Waals surface area contributed by atoms with Gasteiger partial charge in [0.1, 0.15) is 5.75 Å². The van der Waals surface area contributed by atoms with Gasteiger partial charge in [-0.25, -0.2) is 0 Å². The molecule has 0 aliphatic rings. The first-order valence-electron chi connectivity index (χ1n) is 4.98. The minimum atomic E-state index is -1.74. The van der Waals surface area contributed by atoms with Gasteiger partial charge in [-0.15, -0.1) is 0 Å². The molecule has 0 aromatic heterocycles. The molecule has 0 amide bonds. The average Bonchev–Trinajstić information content (AvgIpc) is 2.28. The predicted molar refractivity (Wildman–Crippen MR) is 66.6 cm³/mol. The van der Waals surface area contributed by atoms with Crippen molar-refractivity contribution in [2.75, 3.05) is 13.2 Å². The highest BCUT2D eigenvalue weighted by atomic mass is 79.9. The van der Waals surface area contributed by atoms with Gasteiger partial charge < -0.3 is 19.9 Å². The van der Waals surface area contributed by atoms with Crippen molar-refractivity contribution in [2.24, 2.45) is 0 Å². The number of aliphatic hydroxyl groups excluding tert-OH is 1. The molecule has 0 aliphatic heterocycles. The Kier molecular flexibility index (Phi) is 5.63. The summed E-state index contributed by atoms with van der Waals surface area (Å²) in [4.78, 5) is 10.8. The van der Waals surface area contributed by atoms with Gasteiger partial charge in [-0.3, -0.25) is 4.79 Å². The zero-order valence-electron chi connectivity index (χ0n) is 8.97. The van der Waals surface area contributed by atoms with Crippen molar-refractivity contribution in [3.8, 4) is 5.75 Å². The number of carbonyl (C=O) groups excluding carboxylic acids is 1. The van der Waals surface area contributed by atoms with E-state index in [1.165, 1.54) is 6.07 Å². The van der Waals surface area contributed by atoms with Gasteiger partial charge in [0.25, 0.3) is 0 Å². The van der Waals surface area contributed by atoms with Gasteiger partial charge in [0.05, 0.1) is 6.61 Å². The van der Waals surface area contributed by atoms with Crippen molar-refractivity contribution in [1.82, 2.24) is 0 Å². The molecule has 3 N–H and O–H groups in total. The number of aldehydes is 1. The zero-order chi connectivity index (χ0) is 12.8. The molecule has 5 nitrogen and oxygen atoms in total. The molecule has 0 aliphatic carbocycles. The molecule has 1 rings (SSSR count). The van der Waals surface area contributed by atoms with Gasteiger partial charge in [-0.05, 0) is 33.5 Å². The Balaban J connectivity index is 2.98. The van der Waals surface area contributed by atoms with Crippen LogP contribution in [0.2, 0.25) is 0 Å². The number of benzene rings is 1. The number of rotatable bonds is 6. The highest BCUT2D eigenvalue weighted by Gasteiger charge is 2.19. The fraction of sp³-hybridized carbons (Fsp3) is 0.300. The molecular weight excluding hydrogens is 291 g/mol. The van der Waals surface area contributed by atoms with E-state index in [-0.39, 0.29) is 17.6 Å². The Morgan fingerprint density at radius 1 is 1.41 bits per heavy atom. The first-order chi connectivity index (χ1) is 8.10. The molecule has 0 heterocycles. The predicted octanol–water partition coefficient (Wildman–Crippen LogP) is -0.297. The second-order valence-electron chi connectivity index (χ2n) is 3.33. The lowest BCUT2D eigenvalue weighted by molar-refractivity contribution is 0.112. The highest BCUT2D eigenvalue weighted by Crippen LogP contribution is 2.21. The monoisotopic (exact) mass is 302 g/mol. The molecule has 0 unspecified atom stereocenters. The lowest BCUT2D eigenvalue weighted by atomic mass is 9.77. The van der Waals surface area contributed by atoms with E-state index in [9.17, 15) is 4.79 Å². The normalized spacial score (nSPS) is 10.1. The molecule has 0 atom stereocenters. The van der Waals surface area contributed by atoms with E-state index in [1.54, 1.807) is 6.07 Å². The molecule has 1 aromatic rings. The zero-order valence-corrected chi connectivity index (χ0v) is 10.6. The third kappa shape index (κ3) is 3.81. The third-order valence-electron chi connectivity index (χ3n) is 2.10. The van der Waals surface area contributed by atoms with Crippen LogP contribution in [0, 0.1) is 0 Å². The molecule has 0 fully saturated rings. The smallest absolute Gasteiger partial charge is 0.489 e. The van der Waals surface area contributed by atoms with Crippen LogP contribution in [0.4, 0.5) is 0 Å². The van der Waals surface area contributed by atoms with E-state index in [0.29, 0.717) is 29.5 Å². The Morgan fingerprint density at radius 3 is 2.65 bits per heavy atom. The Hall–Kier alpha value is -0.885. The van der Waals surface area contributed by atoms with Gasteiger partial charge in [-0.1, -0.05) is 0 Å². The standard InChI is InChI=1S/C10H12BBrO5/c12-10-5-7(17-3-1-2-13)4-9(11(15)16)8(10)6-14/h4-6,13,15-16H,1-3H2. The summed E-state index contributed by atoms with van der Waals surface area (Å²) in [5, 5.41) is 26.9.